The van der Waals surface area contributed by atoms with Gasteiger partial charge < -0.3 is 4.79 Å². The monoisotopic (exact) mass is 134 g/mol. The topological polar surface area (TPSA) is 34.9 Å². The third kappa shape index (κ3) is 1.23. The fourth-order valence-corrected chi connectivity index (χ4v) is 0.614. The zero-order valence-corrected chi connectivity index (χ0v) is 5.32. The summed E-state index contributed by atoms with van der Waals surface area (Å²) in [6.07, 6.45) is 9.03. The van der Waals surface area contributed by atoms with Crippen LogP contribution in [0.15, 0.2) is 12.4 Å². The number of aldehydes is 1. The van der Waals surface area contributed by atoms with Crippen LogP contribution in [0.25, 0.3) is 0 Å². The van der Waals surface area contributed by atoms with Crippen LogP contribution >= 0.6 is 0 Å². The van der Waals surface area contributed by atoms with Crippen molar-refractivity contribution in [2.45, 2.75) is 6.54 Å². The Labute approximate surface area is 58.7 Å². The molecule has 0 atom stereocenters. The van der Waals surface area contributed by atoms with E-state index in [-0.39, 0.29) is 6.54 Å². The molecular formula is C7H6N2O. The van der Waals surface area contributed by atoms with Gasteiger partial charge in [0, 0.05) is 6.20 Å². The second-order valence-corrected chi connectivity index (χ2v) is 1.76. The number of aromatic nitrogens is 2. The maximum absolute atomic E-state index is 9.96. The van der Waals surface area contributed by atoms with E-state index in [4.69, 9.17) is 6.42 Å². The van der Waals surface area contributed by atoms with E-state index in [2.05, 4.69) is 11.0 Å². The van der Waals surface area contributed by atoms with E-state index in [1.54, 1.807) is 12.4 Å². The quantitative estimate of drug-likeness (QED) is 0.423. The van der Waals surface area contributed by atoms with Crippen molar-refractivity contribution in [2.75, 3.05) is 0 Å². The Morgan fingerprint density at radius 1 is 1.90 bits per heavy atom. The first-order chi connectivity index (χ1) is 4.86. The molecule has 0 aliphatic carbocycles. The third-order valence-electron chi connectivity index (χ3n) is 1.06. The lowest BCUT2D eigenvalue weighted by Crippen LogP contribution is -1.97. The zero-order chi connectivity index (χ0) is 7.40. The summed E-state index contributed by atoms with van der Waals surface area (Å²) >= 11 is 0. The SMILES string of the molecule is C#Cc1cnn(CC=O)c1. The van der Waals surface area contributed by atoms with Gasteiger partial charge in [0.25, 0.3) is 0 Å². The molecule has 10 heavy (non-hydrogen) atoms. The molecule has 3 nitrogen and oxygen atoms in total. The van der Waals surface area contributed by atoms with Crippen LogP contribution in [0.1, 0.15) is 5.56 Å². The van der Waals surface area contributed by atoms with Crippen LogP contribution in [0.4, 0.5) is 0 Å². The van der Waals surface area contributed by atoms with E-state index < -0.39 is 0 Å². The van der Waals surface area contributed by atoms with Crippen molar-refractivity contribution in [3.05, 3.63) is 18.0 Å². The van der Waals surface area contributed by atoms with Crippen LogP contribution < -0.4 is 0 Å². The first-order valence-corrected chi connectivity index (χ1v) is 2.79. The van der Waals surface area contributed by atoms with Gasteiger partial charge in [0.05, 0.1) is 18.3 Å². The highest BCUT2D eigenvalue weighted by Crippen LogP contribution is 1.92. The maximum atomic E-state index is 9.96. The van der Waals surface area contributed by atoms with Crippen molar-refractivity contribution < 1.29 is 4.79 Å². The van der Waals surface area contributed by atoms with E-state index in [9.17, 15) is 4.79 Å². The minimum Gasteiger partial charge on any atom is -0.301 e. The molecule has 1 aromatic heterocycles. The van der Waals surface area contributed by atoms with Crippen molar-refractivity contribution in [2.24, 2.45) is 0 Å². The van der Waals surface area contributed by atoms with Crippen LogP contribution in [0.2, 0.25) is 0 Å². The summed E-state index contributed by atoms with van der Waals surface area (Å²) in [5.74, 6) is 2.41. The van der Waals surface area contributed by atoms with Crippen molar-refractivity contribution in [1.82, 2.24) is 9.78 Å². The van der Waals surface area contributed by atoms with Crippen molar-refractivity contribution >= 4 is 6.29 Å². The molecular weight excluding hydrogens is 128 g/mol. The summed E-state index contributed by atoms with van der Waals surface area (Å²) in [5.41, 5.74) is 0.696. The average molecular weight is 134 g/mol. The second kappa shape index (κ2) is 2.83. The predicted octanol–water partition coefficient (Wildman–Crippen LogP) is 0.0633. The fourth-order valence-electron chi connectivity index (χ4n) is 0.614. The number of carbonyl (C=O) groups excluding carboxylic acids is 1. The largest absolute Gasteiger partial charge is 0.301 e. The van der Waals surface area contributed by atoms with Crippen LogP contribution in [0, 0.1) is 12.3 Å². The molecule has 0 aliphatic rings. The van der Waals surface area contributed by atoms with E-state index in [0.29, 0.717) is 5.56 Å². The number of nitrogens with zero attached hydrogens (tertiary/aromatic N) is 2. The maximum Gasteiger partial charge on any atom is 0.141 e. The van der Waals surface area contributed by atoms with Crippen LogP contribution in [0.5, 0.6) is 0 Å². The molecule has 0 aliphatic heterocycles. The van der Waals surface area contributed by atoms with Gasteiger partial charge in [-0.05, 0) is 0 Å². The highest BCUT2D eigenvalue weighted by molar-refractivity contribution is 5.49. The molecule has 0 aromatic carbocycles. The van der Waals surface area contributed by atoms with E-state index in [0.717, 1.165) is 6.29 Å². The minimum atomic E-state index is 0.266. The molecule has 1 rings (SSSR count). The zero-order valence-electron chi connectivity index (χ0n) is 5.32. The molecule has 1 heterocycles. The molecule has 0 spiro atoms. The van der Waals surface area contributed by atoms with Gasteiger partial charge in [-0.1, -0.05) is 5.92 Å². The molecule has 0 bridgehead atoms. The molecule has 0 N–H and O–H groups in total. The van der Waals surface area contributed by atoms with Gasteiger partial charge in [0.2, 0.25) is 0 Å². The van der Waals surface area contributed by atoms with Gasteiger partial charge in [-0.25, -0.2) is 0 Å². The fraction of sp³-hybridized carbons (Fsp3) is 0.143. The highest BCUT2D eigenvalue weighted by Gasteiger charge is 1.91. The summed E-state index contributed by atoms with van der Waals surface area (Å²) in [5, 5.41) is 3.82. The van der Waals surface area contributed by atoms with Crippen LogP contribution in [0.3, 0.4) is 0 Å². The molecule has 1 aromatic rings. The molecule has 0 radical (unpaired) electrons. The van der Waals surface area contributed by atoms with Gasteiger partial charge in [-0.15, -0.1) is 6.42 Å². The predicted molar refractivity (Wildman–Crippen MR) is 36.2 cm³/mol. The normalized spacial score (nSPS) is 8.70. The summed E-state index contributed by atoms with van der Waals surface area (Å²) < 4.78 is 1.49. The molecule has 0 saturated heterocycles. The number of rotatable bonds is 2. The lowest BCUT2D eigenvalue weighted by Gasteiger charge is -1.87. The highest BCUT2D eigenvalue weighted by atomic mass is 16.1. The third-order valence-corrected chi connectivity index (χ3v) is 1.06. The van der Waals surface area contributed by atoms with E-state index in [1.807, 2.05) is 0 Å². The molecule has 0 unspecified atom stereocenters. The van der Waals surface area contributed by atoms with E-state index in [1.165, 1.54) is 4.68 Å². The van der Waals surface area contributed by atoms with Crippen molar-refractivity contribution in [1.29, 1.82) is 0 Å². The summed E-state index contributed by atoms with van der Waals surface area (Å²) in [6, 6.07) is 0. The summed E-state index contributed by atoms with van der Waals surface area (Å²) in [7, 11) is 0. The van der Waals surface area contributed by atoms with Gasteiger partial charge >= 0.3 is 0 Å². The first kappa shape index (κ1) is 6.56. The molecule has 0 saturated carbocycles. The summed E-state index contributed by atoms with van der Waals surface area (Å²) in [4.78, 5) is 9.96. The lowest BCUT2D eigenvalue weighted by molar-refractivity contribution is -0.108. The number of hydrogen-bond donors (Lipinski definition) is 0. The Morgan fingerprint density at radius 2 is 2.70 bits per heavy atom. The second-order valence-electron chi connectivity index (χ2n) is 1.76. The first-order valence-electron chi connectivity index (χ1n) is 2.79. The average Bonchev–Trinajstić information content (AvgIpc) is 2.37. The Kier molecular flexibility index (Phi) is 1.86. The Bertz CT molecular complexity index is 269. The Morgan fingerprint density at radius 3 is 3.20 bits per heavy atom. The van der Waals surface area contributed by atoms with Crippen molar-refractivity contribution in [3.63, 3.8) is 0 Å². The minimum absolute atomic E-state index is 0.266. The molecule has 50 valence electrons. The van der Waals surface area contributed by atoms with Crippen LogP contribution in [-0.2, 0) is 11.3 Å². The van der Waals surface area contributed by atoms with Crippen molar-refractivity contribution in [3.8, 4) is 12.3 Å². The van der Waals surface area contributed by atoms with Gasteiger partial charge in [0.15, 0.2) is 0 Å². The molecule has 0 fully saturated rings. The number of carbonyl (C=O) groups is 1. The molecule has 0 amide bonds. The van der Waals surface area contributed by atoms with Gasteiger partial charge in [-0.3, -0.25) is 4.68 Å². The lowest BCUT2D eigenvalue weighted by atomic mass is 10.4. The van der Waals surface area contributed by atoms with Crippen LogP contribution in [-0.4, -0.2) is 16.1 Å². The summed E-state index contributed by atoms with van der Waals surface area (Å²) in [6.45, 7) is 0.266. The van der Waals surface area contributed by atoms with Gasteiger partial charge in [0.1, 0.15) is 6.29 Å². The number of terminal acetylenes is 1. The Balaban J connectivity index is 2.80. The smallest absolute Gasteiger partial charge is 0.141 e. The Hall–Kier alpha value is -1.56. The van der Waals surface area contributed by atoms with E-state index >= 15 is 0 Å². The van der Waals surface area contributed by atoms with Gasteiger partial charge in [-0.2, -0.15) is 5.10 Å². The number of hydrogen-bond acceptors (Lipinski definition) is 2. The molecule has 3 heteroatoms. The standard InChI is InChI=1S/C7H6N2O/c1-2-7-5-8-9(6-7)3-4-10/h1,4-6H,3H2.